The van der Waals surface area contributed by atoms with Gasteiger partial charge in [-0.3, -0.25) is 9.59 Å². The van der Waals surface area contributed by atoms with E-state index in [-0.39, 0.29) is 18.2 Å². The molecule has 1 atom stereocenters. The van der Waals surface area contributed by atoms with E-state index >= 15 is 0 Å². The van der Waals surface area contributed by atoms with Gasteiger partial charge in [-0.1, -0.05) is 13.8 Å². The van der Waals surface area contributed by atoms with Gasteiger partial charge in [0.1, 0.15) is 0 Å². The molecular weight excluding hydrogens is 270 g/mol. The molecule has 21 heavy (non-hydrogen) atoms. The Morgan fingerprint density at radius 2 is 2.10 bits per heavy atom. The lowest BCUT2D eigenvalue weighted by Gasteiger charge is -2.28. The van der Waals surface area contributed by atoms with Crippen LogP contribution in [-0.4, -0.2) is 33.1 Å². The molecule has 0 saturated carbocycles. The van der Waals surface area contributed by atoms with Gasteiger partial charge < -0.3 is 15.0 Å². The highest BCUT2D eigenvalue weighted by Crippen LogP contribution is 2.31. The van der Waals surface area contributed by atoms with Gasteiger partial charge >= 0.3 is 5.97 Å². The minimum absolute atomic E-state index is 0.0154. The topological polar surface area (TPSA) is 84.2 Å². The quantitative estimate of drug-likeness (QED) is 0.682. The van der Waals surface area contributed by atoms with Gasteiger partial charge in [-0.25, -0.2) is 4.98 Å². The number of carbonyl (C=O) groups excluding carboxylic acids is 1. The number of carboxylic acid groups (broad SMARTS) is 1. The Morgan fingerprint density at radius 1 is 1.38 bits per heavy atom. The second-order valence-electron chi connectivity index (χ2n) is 5.91. The molecule has 6 nitrogen and oxygen atoms in total. The minimum atomic E-state index is -1.01. The van der Waals surface area contributed by atoms with Crippen LogP contribution in [0.25, 0.3) is 0 Å². The molecule has 1 amide bonds. The van der Waals surface area contributed by atoms with Crippen molar-refractivity contribution in [2.75, 3.05) is 6.54 Å². The van der Waals surface area contributed by atoms with Crippen molar-refractivity contribution in [1.82, 2.24) is 14.9 Å². The summed E-state index contributed by atoms with van der Waals surface area (Å²) < 4.78 is 1.99. The lowest BCUT2D eigenvalue weighted by molar-refractivity contribution is -0.153. The van der Waals surface area contributed by atoms with Crippen molar-refractivity contribution < 1.29 is 14.7 Å². The van der Waals surface area contributed by atoms with Crippen LogP contribution in [0.5, 0.6) is 0 Å². The molecular formula is C15H25N3O3. The number of hydrogen-bond donors (Lipinski definition) is 2. The SMILES string of the molecule is CC(C)C(C)(CC(=O)NCCCCn1ccnc1)C(=O)O. The second-order valence-corrected chi connectivity index (χ2v) is 5.91. The number of imidazole rings is 1. The molecule has 1 heterocycles. The zero-order valence-electron chi connectivity index (χ0n) is 13.0. The molecule has 0 radical (unpaired) electrons. The summed E-state index contributed by atoms with van der Waals surface area (Å²) in [6.07, 6.45) is 7.22. The summed E-state index contributed by atoms with van der Waals surface area (Å²) >= 11 is 0. The zero-order chi connectivity index (χ0) is 15.9. The molecule has 0 spiro atoms. The fraction of sp³-hybridized carbons (Fsp3) is 0.667. The maximum atomic E-state index is 11.9. The fourth-order valence-electron chi connectivity index (χ4n) is 1.99. The minimum Gasteiger partial charge on any atom is -0.481 e. The van der Waals surface area contributed by atoms with Crippen LogP contribution in [0.15, 0.2) is 18.7 Å². The first-order valence-corrected chi connectivity index (χ1v) is 7.32. The molecule has 0 saturated heterocycles. The van der Waals surface area contributed by atoms with E-state index in [1.807, 2.05) is 24.6 Å². The van der Waals surface area contributed by atoms with Crippen LogP contribution in [-0.2, 0) is 16.1 Å². The van der Waals surface area contributed by atoms with E-state index in [0.717, 1.165) is 19.4 Å². The maximum Gasteiger partial charge on any atom is 0.310 e. The number of nitrogens with zero attached hydrogens (tertiary/aromatic N) is 2. The summed E-state index contributed by atoms with van der Waals surface area (Å²) in [4.78, 5) is 27.1. The van der Waals surface area contributed by atoms with Crippen LogP contribution in [0, 0.1) is 11.3 Å². The number of nitrogens with one attached hydrogen (secondary N) is 1. The Balaban J connectivity index is 2.25. The summed E-state index contributed by atoms with van der Waals surface area (Å²) in [5.41, 5.74) is -1.01. The molecule has 0 fully saturated rings. The monoisotopic (exact) mass is 295 g/mol. The number of aryl methyl sites for hydroxylation is 1. The van der Waals surface area contributed by atoms with Gasteiger partial charge in [0.05, 0.1) is 11.7 Å². The number of aromatic nitrogens is 2. The Morgan fingerprint density at radius 3 is 2.62 bits per heavy atom. The fourth-order valence-corrected chi connectivity index (χ4v) is 1.99. The largest absolute Gasteiger partial charge is 0.481 e. The van der Waals surface area contributed by atoms with E-state index in [9.17, 15) is 14.7 Å². The van der Waals surface area contributed by atoms with Crippen molar-refractivity contribution >= 4 is 11.9 Å². The smallest absolute Gasteiger partial charge is 0.310 e. The third kappa shape index (κ3) is 5.21. The predicted octanol–water partition coefficient (Wildman–Crippen LogP) is 1.92. The summed E-state index contributed by atoms with van der Waals surface area (Å²) in [7, 11) is 0. The molecule has 1 unspecified atom stereocenters. The second kappa shape index (κ2) is 7.81. The third-order valence-corrected chi connectivity index (χ3v) is 4.02. The molecule has 6 heteroatoms. The number of hydrogen-bond acceptors (Lipinski definition) is 3. The maximum absolute atomic E-state index is 11.9. The normalized spacial score (nSPS) is 13.9. The molecule has 118 valence electrons. The highest BCUT2D eigenvalue weighted by atomic mass is 16.4. The van der Waals surface area contributed by atoms with Crippen molar-refractivity contribution in [2.45, 2.75) is 46.6 Å². The van der Waals surface area contributed by atoms with Crippen LogP contribution >= 0.6 is 0 Å². The highest BCUT2D eigenvalue weighted by molar-refractivity contribution is 5.84. The molecule has 1 aromatic rings. The number of rotatable bonds is 9. The van der Waals surface area contributed by atoms with E-state index < -0.39 is 11.4 Å². The molecule has 1 aromatic heterocycles. The van der Waals surface area contributed by atoms with Gasteiger partial charge in [0.25, 0.3) is 0 Å². The standard InChI is InChI=1S/C15H25N3O3/c1-12(2)15(3,14(20)21)10-13(19)17-6-4-5-8-18-9-7-16-11-18/h7,9,11-12H,4-6,8,10H2,1-3H3,(H,17,19)(H,20,21). The molecule has 0 aliphatic heterocycles. The van der Waals surface area contributed by atoms with Crippen LogP contribution in [0.4, 0.5) is 0 Å². The van der Waals surface area contributed by atoms with Crippen LogP contribution < -0.4 is 5.32 Å². The van der Waals surface area contributed by atoms with Gasteiger partial charge in [-0.05, 0) is 25.7 Å². The first-order chi connectivity index (χ1) is 9.86. The lowest BCUT2D eigenvalue weighted by atomic mass is 9.76. The van der Waals surface area contributed by atoms with Crippen molar-refractivity contribution in [3.8, 4) is 0 Å². The van der Waals surface area contributed by atoms with Gasteiger partial charge in [0.2, 0.25) is 5.91 Å². The van der Waals surface area contributed by atoms with E-state index in [2.05, 4.69) is 10.3 Å². The Kier molecular flexibility index (Phi) is 6.39. The van der Waals surface area contributed by atoms with Crippen molar-refractivity contribution in [3.05, 3.63) is 18.7 Å². The lowest BCUT2D eigenvalue weighted by Crippen LogP contribution is -2.39. The summed E-state index contributed by atoms with van der Waals surface area (Å²) in [6, 6.07) is 0. The summed E-state index contributed by atoms with van der Waals surface area (Å²) in [6.45, 7) is 6.72. The first-order valence-electron chi connectivity index (χ1n) is 7.32. The Hall–Kier alpha value is -1.85. The van der Waals surface area contributed by atoms with Gasteiger partial charge in [0.15, 0.2) is 0 Å². The third-order valence-electron chi connectivity index (χ3n) is 4.02. The molecule has 0 aliphatic rings. The molecule has 0 bridgehead atoms. The predicted molar refractivity (Wildman–Crippen MR) is 79.7 cm³/mol. The first kappa shape index (κ1) is 17.2. The van der Waals surface area contributed by atoms with E-state index in [1.165, 1.54) is 0 Å². The van der Waals surface area contributed by atoms with Crippen LogP contribution in [0.3, 0.4) is 0 Å². The molecule has 2 N–H and O–H groups in total. The van der Waals surface area contributed by atoms with Crippen molar-refractivity contribution in [3.63, 3.8) is 0 Å². The molecule has 0 aliphatic carbocycles. The van der Waals surface area contributed by atoms with Crippen LogP contribution in [0.1, 0.15) is 40.0 Å². The van der Waals surface area contributed by atoms with Gasteiger partial charge in [-0.15, -0.1) is 0 Å². The van der Waals surface area contributed by atoms with Gasteiger partial charge in [0, 0.05) is 31.9 Å². The average molecular weight is 295 g/mol. The summed E-state index contributed by atoms with van der Waals surface area (Å²) in [5, 5.41) is 12.1. The number of unbranched alkanes of at least 4 members (excludes halogenated alkanes) is 1. The van der Waals surface area contributed by atoms with Gasteiger partial charge in [-0.2, -0.15) is 0 Å². The molecule has 1 rings (SSSR count). The van der Waals surface area contributed by atoms with E-state index in [4.69, 9.17) is 0 Å². The van der Waals surface area contributed by atoms with Crippen molar-refractivity contribution in [1.29, 1.82) is 0 Å². The van der Waals surface area contributed by atoms with E-state index in [1.54, 1.807) is 19.4 Å². The van der Waals surface area contributed by atoms with Crippen molar-refractivity contribution in [2.24, 2.45) is 11.3 Å². The number of carboxylic acids is 1. The summed E-state index contributed by atoms with van der Waals surface area (Å²) in [5.74, 6) is -1.22. The highest BCUT2D eigenvalue weighted by Gasteiger charge is 2.38. The van der Waals surface area contributed by atoms with Crippen LogP contribution in [0.2, 0.25) is 0 Å². The Labute approximate surface area is 125 Å². The number of carbonyl (C=O) groups is 2. The average Bonchev–Trinajstić information content (AvgIpc) is 2.90. The zero-order valence-corrected chi connectivity index (χ0v) is 13.0. The number of aliphatic carboxylic acids is 1. The Bertz CT molecular complexity index is 457. The number of amides is 1. The molecule has 0 aromatic carbocycles. The van der Waals surface area contributed by atoms with E-state index in [0.29, 0.717) is 6.54 Å².